The van der Waals surface area contributed by atoms with Gasteiger partial charge in [0.25, 0.3) is 0 Å². The number of nitrogens with zero attached hydrogens (tertiary/aromatic N) is 1. The lowest BCUT2D eigenvalue weighted by Gasteiger charge is -2.27. The Kier molecular flexibility index (Phi) is 4.13. The molecule has 0 bridgehead atoms. The highest BCUT2D eigenvalue weighted by atomic mass is 19.1. The highest BCUT2D eigenvalue weighted by molar-refractivity contribution is 5.24. The molecule has 94 valence electrons. The Hall–Kier alpha value is -0.930. The Morgan fingerprint density at radius 2 is 2.29 bits per heavy atom. The van der Waals surface area contributed by atoms with Crippen LogP contribution in [0.1, 0.15) is 24.5 Å². The van der Waals surface area contributed by atoms with Crippen molar-refractivity contribution in [2.75, 3.05) is 19.6 Å². The molecule has 0 saturated carbocycles. The number of hydrogen-bond donors (Lipinski definition) is 1. The van der Waals surface area contributed by atoms with E-state index in [0.717, 1.165) is 37.3 Å². The molecule has 0 aliphatic carbocycles. The highest BCUT2D eigenvalue weighted by Crippen LogP contribution is 2.16. The van der Waals surface area contributed by atoms with Gasteiger partial charge in [0.2, 0.25) is 0 Å². The summed E-state index contributed by atoms with van der Waals surface area (Å²) in [6, 6.07) is 5.91. The summed E-state index contributed by atoms with van der Waals surface area (Å²) < 4.78 is 13.7. The van der Waals surface area contributed by atoms with Crippen LogP contribution < -0.4 is 5.32 Å². The standard InChI is InChI=1S/C14H21FN2/c1-3-17(13-6-7-16-9-13)10-12-8-11(2)4-5-14(12)15/h4-5,8,13,16H,3,6-7,9-10H2,1-2H3. The quantitative estimate of drug-likeness (QED) is 0.863. The molecular weight excluding hydrogens is 215 g/mol. The molecule has 17 heavy (non-hydrogen) atoms. The molecule has 0 aromatic heterocycles. The first-order valence-electron chi connectivity index (χ1n) is 6.40. The molecule has 1 fully saturated rings. The van der Waals surface area contributed by atoms with E-state index >= 15 is 0 Å². The van der Waals surface area contributed by atoms with Crippen LogP contribution >= 0.6 is 0 Å². The number of aryl methyl sites for hydroxylation is 1. The van der Waals surface area contributed by atoms with Crippen molar-refractivity contribution in [1.82, 2.24) is 10.2 Å². The minimum Gasteiger partial charge on any atom is -0.315 e. The molecule has 1 aromatic carbocycles. The summed E-state index contributed by atoms with van der Waals surface area (Å²) in [7, 11) is 0. The Labute approximate surface area is 103 Å². The van der Waals surface area contributed by atoms with E-state index in [-0.39, 0.29) is 5.82 Å². The van der Waals surface area contributed by atoms with Gasteiger partial charge in [-0.2, -0.15) is 0 Å². The van der Waals surface area contributed by atoms with Crippen molar-refractivity contribution in [3.63, 3.8) is 0 Å². The fourth-order valence-electron chi connectivity index (χ4n) is 2.49. The van der Waals surface area contributed by atoms with Gasteiger partial charge in [-0.05, 0) is 32.5 Å². The number of hydrogen-bond acceptors (Lipinski definition) is 2. The second-order valence-electron chi connectivity index (χ2n) is 4.80. The molecule has 1 aliphatic heterocycles. The van der Waals surface area contributed by atoms with Crippen LogP contribution in [-0.2, 0) is 6.54 Å². The average molecular weight is 236 g/mol. The van der Waals surface area contributed by atoms with Crippen LogP contribution in [0.25, 0.3) is 0 Å². The molecule has 1 aromatic rings. The summed E-state index contributed by atoms with van der Waals surface area (Å²) in [5.41, 5.74) is 1.95. The molecule has 0 radical (unpaired) electrons. The third kappa shape index (κ3) is 3.05. The van der Waals surface area contributed by atoms with Crippen LogP contribution in [0.15, 0.2) is 18.2 Å². The fourth-order valence-corrected chi connectivity index (χ4v) is 2.49. The first-order valence-corrected chi connectivity index (χ1v) is 6.40. The smallest absolute Gasteiger partial charge is 0.127 e. The van der Waals surface area contributed by atoms with Gasteiger partial charge in [-0.3, -0.25) is 4.90 Å². The number of likely N-dealkylation sites (N-methyl/N-ethyl adjacent to an activating group) is 1. The van der Waals surface area contributed by atoms with Crippen LogP contribution in [0.5, 0.6) is 0 Å². The highest BCUT2D eigenvalue weighted by Gasteiger charge is 2.21. The normalized spacial score (nSPS) is 20.1. The lowest BCUT2D eigenvalue weighted by molar-refractivity contribution is 0.207. The zero-order chi connectivity index (χ0) is 12.3. The van der Waals surface area contributed by atoms with E-state index < -0.39 is 0 Å². The second-order valence-corrected chi connectivity index (χ2v) is 4.80. The van der Waals surface area contributed by atoms with E-state index in [1.807, 2.05) is 19.1 Å². The number of nitrogens with one attached hydrogen (secondary N) is 1. The SMILES string of the molecule is CCN(Cc1cc(C)ccc1F)C1CCNC1. The van der Waals surface area contributed by atoms with Gasteiger partial charge in [-0.1, -0.05) is 24.6 Å². The zero-order valence-corrected chi connectivity index (χ0v) is 10.7. The molecule has 2 nitrogen and oxygen atoms in total. The van der Waals surface area contributed by atoms with Crippen molar-refractivity contribution in [2.24, 2.45) is 0 Å². The second kappa shape index (κ2) is 5.61. The van der Waals surface area contributed by atoms with Crippen molar-refractivity contribution in [1.29, 1.82) is 0 Å². The zero-order valence-electron chi connectivity index (χ0n) is 10.7. The van der Waals surface area contributed by atoms with Crippen molar-refractivity contribution in [3.8, 4) is 0 Å². The predicted octanol–water partition coefficient (Wildman–Crippen LogP) is 2.32. The van der Waals surface area contributed by atoms with Crippen LogP contribution in [0.4, 0.5) is 4.39 Å². The molecule has 1 N–H and O–H groups in total. The maximum Gasteiger partial charge on any atom is 0.127 e. The van der Waals surface area contributed by atoms with Gasteiger partial charge in [-0.15, -0.1) is 0 Å². The molecule has 1 atom stereocenters. The summed E-state index contributed by atoms with van der Waals surface area (Å²) in [6.45, 7) is 7.96. The first-order chi connectivity index (χ1) is 8.20. The minimum absolute atomic E-state index is 0.0833. The van der Waals surface area contributed by atoms with Gasteiger partial charge in [0.05, 0.1) is 0 Å². The van der Waals surface area contributed by atoms with Crippen molar-refractivity contribution < 1.29 is 4.39 Å². The molecule has 1 heterocycles. The van der Waals surface area contributed by atoms with E-state index in [4.69, 9.17) is 0 Å². The van der Waals surface area contributed by atoms with Gasteiger partial charge < -0.3 is 5.32 Å². The Balaban J connectivity index is 2.09. The third-order valence-electron chi connectivity index (χ3n) is 3.53. The molecule has 2 rings (SSSR count). The number of halogens is 1. The molecule has 1 saturated heterocycles. The number of rotatable bonds is 4. The van der Waals surface area contributed by atoms with E-state index in [2.05, 4.69) is 17.1 Å². The van der Waals surface area contributed by atoms with Gasteiger partial charge >= 0.3 is 0 Å². The fraction of sp³-hybridized carbons (Fsp3) is 0.571. The Morgan fingerprint density at radius 3 is 2.94 bits per heavy atom. The van der Waals surface area contributed by atoms with Crippen molar-refractivity contribution >= 4 is 0 Å². The maximum atomic E-state index is 13.7. The van der Waals surface area contributed by atoms with Gasteiger partial charge in [-0.25, -0.2) is 4.39 Å². The van der Waals surface area contributed by atoms with Crippen LogP contribution in [0, 0.1) is 12.7 Å². The minimum atomic E-state index is -0.0833. The lowest BCUT2D eigenvalue weighted by atomic mass is 10.1. The Morgan fingerprint density at radius 1 is 1.47 bits per heavy atom. The maximum absolute atomic E-state index is 13.7. The molecular formula is C14H21FN2. The summed E-state index contributed by atoms with van der Waals surface area (Å²) in [6.07, 6.45) is 1.17. The van der Waals surface area contributed by atoms with Gasteiger partial charge in [0.1, 0.15) is 5.82 Å². The van der Waals surface area contributed by atoms with Gasteiger partial charge in [0, 0.05) is 24.7 Å². The van der Waals surface area contributed by atoms with E-state index in [1.54, 1.807) is 6.07 Å². The van der Waals surface area contributed by atoms with Gasteiger partial charge in [0.15, 0.2) is 0 Å². The third-order valence-corrected chi connectivity index (χ3v) is 3.53. The van der Waals surface area contributed by atoms with E-state index in [9.17, 15) is 4.39 Å². The monoisotopic (exact) mass is 236 g/mol. The summed E-state index contributed by atoms with van der Waals surface area (Å²) in [4.78, 5) is 2.36. The van der Waals surface area contributed by atoms with E-state index in [0.29, 0.717) is 6.04 Å². The van der Waals surface area contributed by atoms with Crippen molar-refractivity contribution in [3.05, 3.63) is 35.1 Å². The predicted molar refractivity (Wildman–Crippen MR) is 68.5 cm³/mol. The Bertz CT molecular complexity index is 372. The lowest BCUT2D eigenvalue weighted by Crippen LogP contribution is -2.36. The molecule has 3 heteroatoms. The van der Waals surface area contributed by atoms with Crippen LogP contribution in [-0.4, -0.2) is 30.6 Å². The molecule has 1 aliphatic rings. The number of benzene rings is 1. The van der Waals surface area contributed by atoms with Crippen LogP contribution in [0.2, 0.25) is 0 Å². The summed E-state index contributed by atoms with van der Waals surface area (Å²) in [5, 5.41) is 3.36. The summed E-state index contributed by atoms with van der Waals surface area (Å²) in [5.74, 6) is -0.0833. The first kappa shape index (κ1) is 12.5. The molecule has 1 unspecified atom stereocenters. The van der Waals surface area contributed by atoms with Crippen molar-refractivity contribution in [2.45, 2.75) is 32.9 Å². The topological polar surface area (TPSA) is 15.3 Å². The van der Waals surface area contributed by atoms with E-state index in [1.165, 1.54) is 6.42 Å². The largest absolute Gasteiger partial charge is 0.315 e. The molecule has 0 amide bonds. The molecule has 0 spiro atoms. The summed E-state index contributed by atoms with van der Waals surface area (Å²) >= 11 is 0. The van der Waals surface area contributed by atoms with Crippen LogP contribution in [0.3, 0.4) is 0 Å². The average Bonchev–Trinajstić information content (AvgIpc) is 2.84.